The highest BCUT2D eigenvalue weighted by Crippen LogP contribution is 2.37. The fraction of sp³-hybridized carbons (Fsp3) is 0.429. The molecule has 0 bridgehead atoms. The van der Waals surface area contributed by atoms with Crippen LogP contribution in [0.25, 0.3) is 11.4 Å². The number of nitrogens with zero attached hydrogens (tertiary/aromatic N) is 5. The SMILES string of the molecule is COC[C@@H]1COc2ccc(F)cc2-c2nnc(NS(=O)(=O)[C@@H](C)[C@H](OC)c3ncc(C)cn3)n21. The minimum Gasteiger partial charge on any atom is -0.491 e. The van der Waals surface area contributed by atoms with Crippen LogP contribution in [0.3, 0.4) is 0 Å². The summed E-state index contributed by atoms with van der Waals surface area (Å²) in [6.07, 6.45) is 2.24. The van der Waals surface area contributed by atoms with Crippen LogP contribution in [0.5, 0.6) is 5.75 Å². The van der Waals surface area contributed by atoms with Crippen molar-refractivity contribution in [2.24, 2.45) is 0 Å². The summed E-state index contributed by atoms with van der Waals surface area (Å²) >= 11 is 0. The summed E-state index contributed by atoms with van der Waals surface area (Å²) in [5, 5.41) is 7.11. The van der Waals surface area contributed by atoms with Gasteiger partial charge in [-0.05, 0) is 37.6 Å². The van der Waals surface area contributed by atoms with Crippen molar-refractivity contribution >= 4 is 16.0 Å². The number of ether oxygens (including phenoxy) is 3. The minimum absolute atomic E-state index is 0.0516. The smallest absolute Gasteiger partial charge is 0.240 e. The fourth-order valence-corrected chi connectivity index (χ4v) is 4.85. The number of aromatic nitrogens is 5. The third-order valence-corrected chi connectivity index (χ3v) is 7.19. The molecule has 11 nitrogen and oxygen atoms in total. The van der Waals surface area contributed by atoms with Crippen LogP contribution in [0.2, 0.25) is 0 Å². The summed E-state index contributed by atoms with van der Waals surface area (Å²) < 4.78 is 61.2. The van der Waals surface area contributed by atoms with Crippen molar-refractivity contribution in [2.45, 2.75) is 31.2 Å². The molecule has 182 valence electrons. The normalized spacial score (nSPS) is 17.1. The van der Waals surface area contributed by atoms with E-state index < -0.39 is 33.2 Å². The average Bonchev–Trinajstić information content (AvgIpc) is 3.14. The lowest BCUT2D eigenvalue weighted by atomic mass is 10.2. The molecule has 0 saturated heterocycles. The van der Waals surface area contributed by atoms with Gasteiger partial charge in [-0.15, -0.1) is 10.2 Å². The van der Waals surface area contributed by atoms with Crippen molar-refractivity contribution in [1.82, 2.24) is 24.7 Å². The number of fused-ring (bicyclic) bond motifs is 3. The van der Waals surface area contributed by atoms with Crippen LogP contribution in [0.1, 0.15) is 30.5 Å². The molecule has 0 saturated carbocycles. The lowest BCUT2D eigenvalue weighted by molar-refractivity contribution is 0.0949. The molecule has 2 aromatic heterocycles. The van der Waals surface area contributed by atoms with E-state index >= 15 is 0 Å². The van der Waals surface area contributed by atoms with Gasteiger partial charge >= 0.3 is 0 Å². The molecule has 0 unspecified atom stereocenters. The van der Waals surface area contributed by atoms with Crippen LogP contribution in [-0.2, 0) is 19.5 Å². The van der Waals surface area contributed by atoms with Gasteiger partial charge in [0, 0.05) is 26.6 Å². The van der Waals surface area contributed by atoms with E-state index in [4.69, 9.17) is 14.2 Å². The number of hydrogen-bond acceptors (Lipinski definition) is 9. The Labute approximate surface area is 196 Å². The number of methoxy groups -OCH3 is 2. The lowest BCUT2D eigenvalue weighted by Gasteiger charge is -2.23. The van der Waals surface area contributed by atoms with Crippen LogP contribution in [0.4, 0.5) is 10.3 Å². The Kier molecular flexibility index (Phi) is 6.77. The minimum atomic E-state index is -4.06. The van der Waals surface area contributed by atoms with Crippen LogP contribution < -0.4 is 9.46 Å². The predicted octanol–water partition coefficient (Wildman–Crippen LogP) is 2.28. The molecule has 1 aliphatic heterocycles. The van der Waals surface area contributed by atoms with Crippen molar-refractivity contribution in [3.8, 4) is 17.1 Å². The van der Waals surface area contributed by atoms with Gasteiger partial charge in [0.05, 0.1) is 18.2 Å². The molecular weight excluding hydrogens is 467 g/mol. The van der Waals surface area contributed by atoms with Crippen molar-refractivity contribution in [2.75, 3.05) is 32.2 Å². The topological polar surface area (TPSA) is 130 Å². The molecule has 0 spiro atoms. The monoisotopic (exact) mass is 492 g/mol. The van der Waals surface area contributed by atoms with Crippen LogP contribution in [0, 0.1) is 12.7 Å². The molecule has 4 rings (SSSR count). The summed E-state index contributed by atoms with van der Waals surface area (Å²) in [6, 6.07) is 3.56. The second kappa shape index (κ2) is 9.60. The van der Waals surface area contributed by atoms with E-state index in [2.05, 4.69) is 24.9 Å². The standard InChI is InChI=1S/C21H25FN6O5S/c1-12-8-23-19(24-9-12)18(32-4)13(2)34(29,30)27-21-26-25-20-16-7-14(22)5-6-17(16)33-11-15(10-31-3)28(20)21/h5-9,13,15,18H,10-11H2,1-4H3,(H,26,27)/t13-,15+,18-/m0/s1. The molecule has 13 heteroatoms. The quantitative estimate of drug-likeness (QED) is 0.503. The number of aryl methyl sites for hydroxylation is 1. The molecule has 1 N–H and O–H groups in total. The van der Waals surface area contributed by atoms with E-state index in [1.165, 1.54) is 39.3 Å². The van der Waals surface area contributed by atoms with E-state index in [1.807, 2.05) is 6.92 Å². The van der Waals surface area contributed by atoms with Gasteiger partial charge in [-0.2, -0.15) is 0 Å². The van der Waals surface area contributed by atoms with Gasteiger partial charge in [-0.3, -0.25) is 9.29 Å². The highest BCUT2D eigenvalue weighted by Gasteiger charge is 2.36. The maximum atomic E-state index is 14.0. The van der Waals surface area contributed by atoms with Gasteiger partial charge in [0.15, 0.2) is 11.6 Å². The van der Waals surface area contributed by atoms with Gasteiger partial charge in [0.1, 0.15) is 29.5 Å². The highest BCUT2D eigenvalue weighted by molar-refractivity contribution is 7.93. The first-order chi connectivity index (χ1) is 16.2. The first-order valence-electron chi connectivity index (χ1n) is 10.4. The first-order valence-corrected chi connectivity index (χ1v) is 12.0. The van der Waals surface area contributed by atoms with E-state index in [9.17, 15) is 12.8 Å². The van der Waals surface area contributed by atoms with E-state index in [-0.39, 0.29) is 30.8 Å². The second-order valence-electron chi connectivity index (χ2n) is 7.90. The third kappa shape index (κ3) is 4.58. The molecule has 3 aromatic rings. The number of sulfonamides is 1. The van der Waals surface area contributed by atoms with E-state index in [0.29, 0.717) is 11.3 Å². The summed E-state index contributed by atoms with van der Waals surface area (Å²) in [4.78, 5) is 8.41. The van der Waals surface area contributed by atoms with Gasteiger partial charge in [-0.25, -0.2) is 22.8 Å². The highest BCUT2D eigenvalue weighted by atomic mass is 32.2. The zero-order valence-electron chi connectivity index (χ0n) is 19.1. The zero-order chi connectivity index (χ0) is 24.5. The largest absolute Gasteiger partial charge is 0.491 e. The Morgan fingerprint density at radius 1 is 1.26 bits per heavy atom. The predicted molar refractivity (Wildman–Crippen MR) is 120 cm³/mol. The Hall–Kier alpha value is -3.16. The van der Waals surface area contributed by atoms with Gasteiger partial charge < -0.3 is 14.2 Å². The summed E-state index contributed by atoms with van der Waals surface area (Å²) in [7, 11) is -1.15. The molecule has 34 heavy (non-hydrogen) atoms. The molecule has 0 radical (unpaired) electrons. The number of rotatable bonds is 8. The maximum absolute atomic E-state index is 14.0. The van der Waals surface area contributed by atoms with E-state index in [0.717, 1.165) is 5.56 Å². The third-order valence-electron chi connectivity index (χ3n) is 5.49. The Morgan fingerprint density at radius 2 is 2.00 bits per heavy atom. The summed E-state index contributed by atoms with van der Waals surface area (Å²) in [5.41, 5.74) is 1.19. The van der Waals surface area contributed by atoms with Gasteiger partial charge in [-0.1, -0.05) is 0 Å². The molecule has 1 aliphatic rings. The van der Waals surface area contributed by atoms with Crippen molar-refractivity contribution in [1.29, 1.82) is 0 Å². The molecule has 0 fully saturated rings. The van der Waals surface area contributed by atoms with Crippen LogP contribution >= 0.6 is 0 Å². The summed E-state index contributed by atoms with van der Waals surface area (Å²) in [6.45, 7) is 3.64. The molecule has 0 aliphatic carbocycles. The number of nitrogens with one attached hydrogen (secondary N) is 1. The van der Waals surface area contributed by atoms with Gasteiger partial charge in [0.2, 0.25) is 16.0 Å². The Bertz CT molecular complexity index is 1270. The van der Waals surface area contributed by atoms with Crippen molar-refractivity contribution in [3.63, 3.8) is 0 Å². The molecule has 3 heterocycles. The fourth-order valence-electron chi connectivity index (χ4n) is 3.71. The molecule has 0 amide bonds. The first kappa shape index (κ1) is 24.0. The molecule has 1 aromatic carbocycles. The Morgan fingerprint density at radius 3 is 2.68 bits per heavy atom. The average molecular weight is 493 g/mol. The number of hydrogen-bond donors (Lipinski definition) is 1. The van der Waals surface area contributed by atoms with Crippen LogP contribution in [0.15, 0.2) is 30.6 Å². The van der Waals surface area contributed by atoms with Crippen molar-refractivity contribution < 1.29 is 27.0 Å². The number of benzene rings is 1. The zero-order valence-corrected chi connectivity index (χ0v) is 19.9. The Balaban J connectivity index is 1.71. The molecule has 3 atom stereocenters. The van der Waals surface area contributed by atoms with Crippen LogP contribution in [-0.4, -0.2) is 65.8 Å². The van der Waals surface area contributed by atoms with Crippen molar-refractivity contribution in [3.05, 3.63) is 47.8 Å². The second-order valence-corrected chi connectivity index (χ2v) is 9.94. The maximum Gasteiger partial charge on any atom is 0.240 e. The molecular formula is C21H25FN6O5S. The lowest BCUT2D eigenvalue weighted by Crippen LogP contribution is -2.34. The summed E-state index contributed by atoms with van der Waals surface area (Å²) in [5.74, 6) is 0.362. The van der Waals surface area contributed by atoms with E-state index in [1.54, 1.807) is 17.0 Å². The number of anilines is 1. The number of halogens is 1. The van der Waals surface area contributed by atoms with Gasteiger partial charge in [0.25, 0.3) is 0 Å².